The first-order chi connectivity index (χ1) is 12.1. The van der Waals surface area contributed by atoms with Crippen LogP contribution in [0.4, 0.5) is 5.82 Å². The molecule has 0 amide bonds. The molecule has 0 bridgehead atoms. The highest BCUT2D eigenvalue weighted by molar-refractivity contribution is 5.39. The summed E-state index contributed by atoms with van der Waals surface area (Å²) in [6, 6.07) is 4.80. The molecule has 1 aliphatic heterocycles. The quantitative estimate of drug-likeness (QED) is 0.858. The van der Waals surface area contributed by atoms with Gasteiger partial charge in [0.2, 0.25) is 0 Å². The summed E-state index contributed by atoms with van der Waals surface area (Å²) in [6.45, 7) is 2.13. The maximum absolute atomic E-state index is 5.07. The Kier molecular flexibility index (Phi) is 4.50. The number of rotatable bonds is 4. The van der Waals surface area contributed by atoms with Gasteiger partial charge in [-0.05, 0) is 62.8 Å². The van der Waals surface area contributed by atoms with E-state index in [9.17, 15) is 0 Å². The number of likely N-dealkylation sites (tertiary alicyclic amines) is 1. The van der Waals surface area contributed by atoms with Crippen LogP contribution in [0.1, 0.15) is 54.5 Å². The second-order valence-corrected chi connectivity index (χ2v) is 7.67. The van der Waals surface area contributed by atoms with Crippen LogP contribution in [0.25, 0.3) is 0 Å². The van der Waals surface area contributed by atoms with E-state index in [1.54, 1.807) is 0 Å². The normalized spacial score (nSPS) is 20.7. The third kappa shape index (κ3) is 3.17. The molecule has 2 aromatic rings. The second-order valence-electron chi connectivity index (χ2n) is 7.67. The number of hydrogen-bond acceptors (Lipinski definition) is 4. The summed E-state index contributed by atoms with van der Waals surface area (Å²) in [6.07, 6.45) is 9.36. The molecule has 1 aliphatic carbocycles. The first-order valence-corrected chi connectivity index (χ1v) is 9.54. The standard InChI is InChI=1S/C20H29N5/c1-23(2)19-13-15(10-11-21-19)14-25-12-6-9-18(25)20-22-16-7-4-5-8-17(16)24(20)3/h10-11,13,18H,4-9,12,14H2,1-3H3/t18-/m1/s1. The van der Waals surface area contributed by atoms with E-state index in [0.717, 1.165) is 25.3 Å². The Morgan fingerprint density at radius 3 is 2.84 bits per heavy atom. The van der Waals surface area contributed by atoms with Crippen molar-refractivity contribution in [2.45, 2.75) is 51.1 Å². The van der Waals surface area contributed by atoms with E-state index in [4.69, 9.17) is 4.98 Å². The van der Waals surface area contributed by atoms with Crippen molar-refractivity contribution in [1.29, 1.82) is 0 Å². The van der Waals surface area contributed by atoms with Crippen LogP contribution in [0, 0.1) is 0 Å². The maximum Gasteiger partial charge on any atom is 0.128 e. The molecule has 0 aromatic carbocycles. The number of anilines is 1. The number of pyridine rings is 1. The van der Waals surface area contributed by atoms with Crippen LogP contribution in [-0.2, 0) is 26.4 Å². The molecule has 134 valence electrons. The van der Waals surface area contributed by atoms with Gasteiger partial charge >= 0.3 is 0 Å². The lowest BCUT2D eigenvalue weighted by Gasteiger charge is -2.25. The lowest BCUT2D eigenvalue weighted by molar-refractivity contribution is 0.236. The van der Waals surface area contributed by atoms with Crippen molar-refractivity contribution >= 4 is 5.82 Å². The summed E-state index contributed by atoms with van der Waals surface area (Å²) < 4.78 is 2.40. The Hall–Kier alpha value is -1.88. The van der Waals surface area contributed by atoms with Gasteiger partial charge in [0.25, 0.3) is 0 Å². The Labute approximate surface area is 150 Å². The van der Waals surface area contributed by atoms with Crippen LogP contribution >= 0.6 is 0 Å². The molecule has 1 fully saturated rings. The van der Waals surface area contributed by atoms with Gasteiger partial charge in [0.15, 0.2) is 0 Å². The van der Waals surface area contributed by atoms with Crippen molar-refractivity contribution < 1.29 is 0 Å². The molecule has 0 spiro atoms. The topological polar surface area (TPSA) is 37.2 Å². The molecular weight excluding hydrogens is 310 g/mol. The number of aryl methyl sites for hydroxylation is 1. The Morgan fingerprint density at radius 2 is 2.04 bits per heavy atom. The van der Waals surface area contributed by atoms with Gasteiger partial charge in [-0.3, -0.25) is 4.90 Å². The SMILES string of the molecule is CN(C)c1cc(CN2CCC[C@@H]2c2nc3c(n2C)CCCC3)ccn1. The highest BCUT2D eigenvalue weighted by Gasteiger charge is 2.31. The molecule has 1 saturated heterocycles. The minimum absolute atomic E-state index is 0.451. The molecule has 2 aliphatic rings. The van der Waals surface area contributed by atoms with Crippen molar-refractivity contribution in [1.82, 2.24) is 19.4 Å². The van der Waals surface area contributed by atoms with Crippen LogP contribution in [0.5, 0.6) is 0 Å². The van der Waals surface area contributed by atoms with E-state index in [1.807, 2.05) is 20.3 Å². The zero-order chi connectivity index (χ0) is 17.4. The molecule has 4 rings (SSSR count). The molecule has 0 radical (unpaired) electrons. The first kappa shape index (κ1) is 16.6. The molecule has 3 heterocycles. The summed E-state index contributed by atoms with van der Waals surface area (Å²) >= 11 is 0. The van der Waals surface area contributed by atoms with E-state index in [2.05, 4.69) is 38.5 Å². The smallest absolute Gasteiger partial charge is 0.128 e. The van der Waals surface area contributed by atoms with E-state index < -0.39 is 0 Å². The van der Waals surface area contributed by atoms with E-state index >= 15 is 0 Å². The molecule has 5 nitrogen and oxygen atoms in total. The third-order valence-electron chi connectivity index (χ3n) is 5.72. The average Bonchev–Trinajstić information content (AvgIpc) is 3.20. The average molecular weight is 339 g/mol. The van der Waals surface area contributed by atoms with Crippen LogP contribution < -0.4 is 4.90 Å². The first-order valence-electron chi connectivity index (χ1n) is 9.54. The zero-order valence-corrected chi connectivity index (χ0v) is 15.7. The van der Waals surface area contributed by atoms with Crippen molar-refractivity contribution in [2.24, 2.45) is 7.05 Å². The van der Waals surface area contributed by atoms with Gasteiger partial charge in [-0.15, -0.1) is 0 Å². The highest BCUT2D eigenvalue weighted by Crippen LogP contribution is 2.35. The summed E-state index contributed by atoms with van der Waals surface area (Å²) in [4.78, 5) is 14.2. The van der Waals surface area contributed by atoms with E-state index in [0.29, 0.717) is 6.04 Å². The van der Waals surface area contributed by atoms with Gasteiger partial charge in [-0.25, -0.2) is 9.97 Å². The van der Waals surface area contributed by atoms with Gasteiger partial charge in [-0.1, -0.05) is 0 Å². The van der Waals surface area contributed by atoms with Crippen molar-refractivity contribution in [3.05, 3.63) is 41.1 Å². The minimum atomic E-state index is 0.451. The second kappa shape index (κ2) is 6.79. The summed E-state index contributed by atoms with van der Waals surface area (Å²) in [7, 11) is 6.31. The predicted octanol–water partition coefficient (Wildman–Crippen LogP) is 3.10. The van der Waals surface area contributed by atoms with Gasteiger partial charge in [-0.2, -0.15) is 0 Å². The number of imidazole rings is 1. The fraction of sp³-hybridized carbons (Fsp3) is 0.600. The highest BCUT2D eigenvalue weighted by atomic mass is 15.2. The van der Waals surface area contributed by atoms with Gasteiger partial charge in [0, 0.05) is 39.6 Å². The summed E-state index contributed by atoms with van der Waals surface area (Å²) in [5.74, 6) is 2.31. The molecule has 0 unspecified atom stereocenters. The van der Waals surface area contributed by atoms with Crippen LogP contribution in [0.3, 0.4) is 0 Å². The van der Waals surface area contributed by atoms with Crippen LogP contribution in [-0.4, -0.2) is 40.1 Å². The fourth-order valence-electron chi connectivity index (χ4n) is 4.35. The lowest BCUT2D eigenvalue weighted by atomic mass is 10.0. The Morgan fingerprint density at radius 1 is 1.20 bits per heavy atom. The summed E-state index contributed by atoms with van der Waals surface area (Å²) in [5.41, 5.74) is 4.17. The third-order valence-corrected chi connectivity index (χ3v) is 5.72. The minimum Gasteiger partial charge on any atom is -0.363 e. The molecule has 1 atom stereocenters. The Balaban J connectivity index is 1.57. The monoisotopic (exact) mass is 339 g/mol. The van der Waals surface area contributed by atoms with E-state index in [-0.39, 0.29) is 0 Å². The number of fused-ring (bicyclic) bond motifs is 1. The van der Waals surface area contributed by atoms with Crippen molar-refractivity contribution in [3.8, 4) is 0 Å². The molecule has 25 heavy (non-hydrogen) atoms. The number of aromatic nitrogens is 3. The van der Waals surface area contributed by atoms with Crippen molar-refractivity contribution in [2.75, 3.05) is 25.5 Å². The number of hydrogen-bond donors (Lipinski definition) is 0. The molecule has 2 aromatic heterocycles. The fourth-order valence-corrected chi connectivity index (χ4v) is 4.35. The molecule has 0 N–H and O–H groups in total. The predicted molar refractivity (Wildman–Crippen MR) is 101 cm³/mol. The van der Waals surface area contributed by atoms with Gasteiger partial charge in [0.05, 0.1) is 11.7 Å². The van der Waals surface area contributed by atoms with Crippen LogP contribution in [0.15, 0.2) is 18.3 Å². The van der Waals surface area contributed by atoms with Crippen molar-refractivity contribution in [3.63, 3.8) is 0 Å². The van der Waals surface area contributed by atoms with Crippen LogP contribution in [0.2, 0.25) is 0 Å². The molecule has 5 heteroatoms. The Bertz CT molecular complexity index is 749. The largest absolute Gasteiger partial charge is 0.363 e. The number of nitrogens with zero attached hydrogens (tertiary/aromatic N) is 5. The maximum atomic E-state index is 5.07. The zero-order valence-electron chi connectivity index (χ0n) is 15.7. The molecular formula is C20H29N5. The lowest BCUT2D eigenvalue weighted by Crippen LogP contribution is -2.25. The van der Waals surface area contributed by atoms with E-state index in [1.165, 1.54) is 54.9 Å². The van der Waals surface area contributed by atoms with Gasteiger partial charge in [0.1, 0.15) is 11.6 Å². The summed E-state index contributed by atoms with van der Waals surface area (Å²) in [5, 5.41) is 0. The molecule has 0 saturated carbocycles. The van der Waals surface area contributed by atoms with Gasteiger partial charge < -0.3 is 9.47 Å².